The van der Waals surface area contributed by atoms with Gasteiger partial charge in [-0.1, -0.05) is 70.7 Å². The quantitative estimate of drug-likeness (QED) is 0.311. The molecule has 152 valence electrons. The van der Waals surface area contributed by atoms with Crippen molar-refractivity contribution >= 4 is 56.5 Å². The lowest BCUT2D eigenvalue weighted by molar-refractivity contribution is 0.440. The fourth-order valence-electron chi connectivity index (χ4n) is 3.19. The first-order valence-corrected chi connectivity index (χ1v) is 10.8. The van der Waals surface area contributed by atoms with Crippen molar-refractivity contribution in [3.63, 3.8) is 0 Å². The van der Waals surface area contributed by atoms with E-state index >= 15 is 0 Å². The number of halogens is 4. The van der Waals surface area contributed by atoms with Crippen molar-refractivity contribution in [1.82, 2.24) is 0 Å². The Hall–Kier alpha value is -1.67. The molecule has 0 saturated heterocycles. The van der Waals surface area contributed by atoms with Gasteiger partial charge in [0.25, 0.3) is 10.1 Å². The molecule has 0 aromatic heterocycles. The zero-order valence-corrected chi connectivity index (χ0v) is 18.1. The average molecular weight is 494 g/mol. The highest BCUT2D eigenvalue weighted by Gasteiger charge is 2.51. The van der Waals surface area contributed by atoms with Crippen LogP contribution in [0.5, 0.6) is 11.5 Å². The van der Waals surface area contributed by atoms with Crippen LogP contribution < -0.4 is 0 Å². The van der Waals surface area contributed by atoms with Crippen LogP contribution in [0.2, 0.25) is 20.1 Å². The van der Waals surface area contributed by atoms with E-state index in [9.17, 15) is 23.2 Å². The van der Waals surface area contributed by atoms with E-state index in [-0.39, 0.29) is 36.8 Å². The number of phenols is 2. The minimum Gasteiger partial charge on any atom is -0.506 e. The lowest BCUT2D eigenvalue weighted by Gasteiger charge is -2.33. The summed E-state index contributed by atoms with van der Waals surface area (Å²) in [6.45, 7) is 0. The van der Waals surface area contributed by atoms with E-state index in [4.69, 9.17) is 46.4 Å². The van der Waals surface area contributed by atoms with Crippen molar-refractivity contribution in [1.29, 1.82) is 0 Å². The van der Waals surface area contributed by atoms with Crippen LogP contribution in [0.3, 0.4) is 0 Å². The Morgan fingerprint density at radius 1 is 0.724 bits per heavy atom. The number of para-hydroxylation sites is 1. The number of phenolic OH excluding ortho intramolecular Hbond substituents is 2. The third kappa shape index (κ3) is 3.65. The molecule has 10 heteroatoms. The normalized spacial score (nSPS) is 13.8. The second-order valence-electron chi connectivity index (χ2n) is 6.09. The molecule has 0 amide bonds. The predicted molar refractivity (Wildman–Crippen MR) is 114 cm³/mol. The fraction of sp³-hybridized carbons (Fsp3) is 0.0526. The lowest BCUT2D eigenvalue weighted by Crippen LogP contribution is -2.38. The first-order valence-electron chi connectivity index (χ1n) is 7.89. The summed E-state index contributed by atoms with van der Waals surface area (Å²) in [6, 6.07) is 12.0. The molecule has 3 rings (SSSR count). The molecule has 0 spiro atoms. The van der Waals surface area contributed by atoms with Crippen molar-refractivity contribution in [2.24, 2.45) is 0 Å². The van der Waals surface area contributed by atoms with Crippen LogP contribution in [0.25, 0.3) is 0 Å². The lowest BCUT2D eigenvalue weighted by atomic mass is 9.83. The Morgan fingerprint density at radius 3 is 1.86 bits per heavy atom. The van der Waals surface area contributed by atoms with Gasteiger partial charge in [0.2, 0.25) is 0 Å². The molecule has 0 saturated carbocycles. The maximum Gasteiger partial charge on any atom is 0.283 e. The highest BCUT2D eigenvalue weighted by atomic mass is 35.5. The van der Waals surface area contributed by atoms with Crippen LogP contribution in [-0.4, -0.2) is 23.2 Å². The average Bonchev–Trinajstić information content (AvgIpc) is 2.62. The summed E-state index contributed by atoms with van der Waals surface area (Å²) in [4.78, 5) is 0. The maximum atomic E-state index is 12.9. The Bertz CT molecular complexity index is 1190. The predicted octanol–water partition coefficient (Wildman–Crippen LogP) is 5.89. The number of hydrogen-bond donors (Lipinski definition) is 3. The highest BCUT2D eigenvalue weighted by molar-refractivity contribution is 7.87. The van der Waals surface area contributed by atoms with Gasteiger partial charge in [0.15, 0.2) is 10.5 Å². The number of aromatic hydroxyl groups is 2. The second-order valence-corrected chi connectivity index (χ2v) is 9.31. The van der Waals surface area contributed by atoms with E-state index in [1.807, 2.05) is 0 Å². The van der Waals surface area contributed by atoms with Gasteiger partial charge in [-0.15, -0.1) is 0 Å². The van der Waals surface area contributed by atoms with Gasteiger partial charge in [0.05, 0.1) is 15.1 Å². The molecule has 0 aliphatic carbocycles. The molecular weight excluding hydrogens is 482 g/mol. The van der Waals surface area contributed by atoms with Gasteiger partial charge in [-0.3, -0.25) is 4.55 Å². The Labute approximate surface area is 186 Å². The Morgan fingerprint density at radius 2 is 1.31 bits per heavy atom. The standard InChI is InChI=1S/C19H12Cl4O5S/c20-12-4-1-3-10(7-12)19(29(26,27)28,13-5-2-6-14(21)17(13)24)11-8-15(22)18(25)16(23)9-11/h1-9,24-25H,(H,26,27,28). The van der Waals surface area contributed by atoms with Gasteiger partial charge < -0.3 is 10.2 Å². The summed E-state index contributed by atoms with van der Waals surface area (Å²) in [5.41, 5.74) is -0.414. The van der Waals surface area contributed by atoms with Crippen LogP contribution in [0.15, 0.2) is 54.6 Å². The van der Waals surface area contributed by atoms with E-state index < -0.39 is 26.4 Å². The van der Waals surface area contributed by atoms with Gasteiger partial charge in [-0.2, -0.15) is 8.42 Å². The van der Waals surface area contributed by atoms with Crippen molar-refractivity contribution < 1.29 is 23.2 Å². The van der Waals surface area contributed by atoms with Crippen LogP contribution in [-0.2, 0) is 14.9 Å². The molecule has 3 aromatic rings. The van der Waals surface area contributed by atoms with Crippen molar-refractivity contribution in [3.8, 4) is 11.5 Å². The third-order valence-corrected chi connectivity index (χ3v) is 6.99. The summed E-state index contributed by atoms with van der Waals surface area (Å²) >= 11 is 24.2. The molecule has 5 nitrogen and oxygen atoms in total. The molecule has 0 radical (unpaired) electrons. The van der Waals surface area contributed by atoms with E-state index in [2.05, 4.69) is 0 Å². The van der Waals surface area contributed by atoms with Crippen LogP contribution in [0, 0.1) is 0 Å². The van der Waals surface area contributed by atoms with Gasteiger partial charge in [-0.05, 0) is 41.5 Å². The van der Waals surface area contributed by atoms with E-state index in [1.54, 1.807) is 0 Å². The molecule has 0 bridgehead atoms. The molecule has 3 N–H and O–H groups in total. The minimum absolute atomic E-state index is 0.0112. The Balaban J connectivity index is 2.61. The summed E-state index contributed by atoms with van der Waals surface area (Å²) < 4.78 is 34.0. The topological polar surface area (TPSA) is 94.8 Å². The van der Waals surface area contributed by atoms with Gasteiger partial charge in [0, 0.05) is 10.6 Å². The minimum atomic E-state index is -5.06. The molecule has 0 fully saturated rings. The van der Waals surface area contributed by atoms with Gasteiger partial charge in [-0.25, -0.2) is 0 Å². The van der Waals surface area contributed by atoms with E-state index in [0.29, 0.717) is 0 Å². The van der Waals surface area contributed by atoms with E-state index in [1.165, 1.54) is 42.5 Å². The molecule has 1 unspecified atom stereocenters. The van der Waals surface area contributed by atoms with Crippen molar-refractivity contribution in [3.05, 3.63) is 91.4 Å². The van der Waals surface area contributed by atoms with Crippen molar-refractivity contribution in [2.75, 3.05) is 0 Å². The van der Waals surface area contributed by atoms with E-state index in [0.717, 1.165) is 12.1 Å². The second kappa shape index (κ2) is 7.87. The molecular formula is C19H12Cl4O5S. The highest BCUT2D eigenvalue weighted by Crippen LogP contribution is 2.50. The monoisotopic (exact) mass is 492 g/mol. The summed E-state index contributed by atoms with van der Waals surface area (Å²) in [7, 11) is -5.06. The number of benzene rings is 3. The summed E-state index contributed by atoms with van der Waals surface area (Å²) in [5.74, 6) is -1.05. The van der Waals surface area contributed by atoms with Crippen LogP contribution >= 0.6 is 46.4 Å². The smallest absolute Gasteiger partial charge is 0.283 e. The number of rotatable bonds is 4. The fourth-order valence-corrected chi connectivity index (χ4v) is 5.33. The van der Waals surface area contributed by atoms with Crippen LogP contribution in [0.4, 0.5) is 0 Å². The first-order chi connectivity index (χ1) is 13.5. The zero-order chi connectivity index (χ0) is 21.6. The largest absolute Gasteiger partial charge is 0.506 e. The Kier molecular flexibility index (Phi) is 5.98. The van der Waals surface area contributed by atoms with Crippen molar-refractivity contribution in [2.45, 2.75) is 4.75 Å². The summed E-state index contributed by atoms with van der Waals surface area (Å²) in [6.07, 6.45) is 0. The maximum absolute atomic E-state index is 12.9. The summed E-state index contributed by atoms with van der Waals surface area (Å²) in [5, 5.41) is 20.1. The zero-order valence-electron chi connectivity index (χ0n) is 14.3. The number of hydrogen-bond acceptors (Lipinski definition) is 4. The molecule has 0 aliphatic rings. The van der Waals surface area contributed by atoms with Crippen LogP contribution in [0.1, 0.15) is 16.7 Å². The SMILES string of the molecule is O=S(=O)(O)C(c1cccc(Cl)c1)(c1cc(Cl)c(O)c(Cl)c1)c1cccc(Cl)c1O. The van der Waals surface area contributed by atoms with Gasteiger partial charge in [0.1, 0.15) is 5.75 Å². The first kappa shape index (κ1) is 22.0. The molecule has 0 aliphatic heterocycles. The molecule has 0 heterocycles. The molecule has 1 atom stereocenters. The molecule has 3 aromatic carbocycles. The third-order valence-electron chi connectivity index (χ3n) is 4.41. The van der Waals surface area contributed by atoms with Gasteiger partial charge >= 0.3 is 0 Å². The molecule has 29 heavy (non-hydrogen) atoms.